The molecule has 1 heterocycles. The molecule has 0 N–H and O–H groups in total. The van der Waals surface area contributed by atoms with E-state index in [2.05, 4.69) is 55.9 Å². The van der Waals surface area contributed by atoms with Gasteiger partial charge in [0.2, 0.25) is 5.69 Å². The molecular formula is C17H20N+. The van der Waals surface area contributed by atoms with Gasteiger partial charge >= 0.3 is 0 Å². The second-order valence-corrected chi connectivity index (χ2v) is 5.49. The Labute approximate surface area is 109 Å². The molecule has 0 saturated heterocycles. The van der Waals surface area contributed by atoms with Crippen LogP contribution in [-0.4, -0.2) is 0 Å². The summed E-state index contributed by atoms with van der Waals surface area (Å²) in [6, 6.07) is 9.11. The van der Waals surface area contributed by atoms with E-state index >= 15 is 0 Å². The fourth-order valence-corrected chi connectivity index (χ4v) is 3.04. The van der Waals surface area contributed by atoms with E-state index in [0.717, 1.165) is 0 Å². The Morgan fingerprint density at radius 1 is 1.00 bits per heavy atom. The Kier molecular flexibility index (Phi) is 2.70. The molecule has 18 heavy (non-hydrogen) atoms. The topological polar surface area (TPSA) is 3.88 Å². The van der Waals surface area contributed by atoms with Gasteiger partial charge in [-0.15, -0.1) is 0 Å². The molecule has 0 bridgehead atoms. The molecule has 0 fully saturated rings. The fraction of sp³-hybridized carbons (Fsp3) is 0.353. The van der Waals surface area contributed by atoms with Gasteiger partial charge in [0.1, 0.15) is 7.05 Å². The SMILES string of the molecule is Cc1ccc(-c2cc3c(c[n+]2C)CCC3)c(C)c1. The highest BCUT2D eigenvalue weighted by Crippen LogP contribution is 2.27. The summed E-state index contributed by atoms with van der Waals surface area (Å²) in [4.78, 5) is 0. The molecule has 3 rings (SSSR count). The summed E-state index contributed by atoms with van der Waals surface area (Å²) >= 11 is 0. The number of rotatable bonds is 1. The standard InChI is InChI=1S/C17H20N/c1-12-7-8-16(13(2)9-12)17-10-14-5-4-6-15(14)11-18(17)3/h7-11H,4-6H2,1-3H3/q+1. The molecule has 1 aliphatic rings. The van der Waals surface area contributed by atoms with Crippen LogP contribution in [0, 0.1) is 13.8 Å². The average molecular weight is 238 g/mol. The molecule has 0 spiro atoms. The van der Waals surface area contributed by atoms with Crippen molar-refractivity contribution in [3.05, 3.63) is 52.7 Å². The van der Waals surface area contributed by atoms with Crippen LogP contribution >= 0.6 is 0 Å². The van der Waals surface area contributed by atoms with E-state index in [0.29, 0.717) is 0 Å². The molecule has 92 valence electrons. The molecule has 1 nitrogen and oxygen atoms in total. The number of fused-ring (bicyclic) bond motifs is 1. The Morgan fingerprint density at radius 3 is 2.56 bits per heavy atom. The number of aryl methyl sites for hydroxylation is 5. The minimum Gasteiger partial charge on any atom is -0.201 e. The molecule has 2 aromatic rings. The van der Waals surface area contributed by atoms with Crippen molar-refractivity contribution in [3.8, 4) is 11.3 Å². The summed E-state index contributed by atoms with van der Waals surface area (Å²) in [5.41, 5.74) is 8.48. The molecule has 0 radical (unpaired) electrons. The van der Waals surface area contributed by atoms with Gasteiger partial charge in [0, 0.05) is 17.2 Å². The van der Waals surface area contributed by atoms with Crippen molar-refractivity contribution >= 4 is 0 Å². The van der Waals surface area contributed by atoms with Gasteiger partial charge in [0.25, 0.3) is 0 Å². The quantitative estimate of drug-likeness (QED) is 0.671. The van der Waals surface area contributed by atoms with Crippen LogP contribution in [0.2, 0.25) is 0 Å². The van der Waals surface area contributed by atoms with Crippen molar-refractivity contribution in [2.75, 3.05) is 0 Å². The molecule has 1 aromatic carbocycles. The summed E-state index contributed by atoms with van der Waals surface area (Å²) in [7, 11) is 2.16. The van der Waals surface area contributed by atoms with Crippen LogP contribution in [0.25, 0.3) is 11.3 Å². The van der Waals surface area contributed by atoms with Crippen LogP contribution in [0.1, 0.15) is 28.7 Å². The van der Waals surface area contributed by atoms with E-state index in [4.69, 9.17) is 0 Å². The highest BCUT2D eigenvalue weighted by Gasteiger charge is 2.20. The number of nitrogens with zero attached hydrogens (tertiary/aromatic N) is 1. The molecule has 1 aromatic heterocycles. The lowest BCUT2D eigenvalue weighted by Gasteiger charge is -2.07. The van der Waals surface area contributed by atoms with Gasteiger partial charge in [0.15, 0.2) is 6.20 Å². The van der Waals surface area contributed by atoms with Gasteiger partial charge < -0.3 is 0 Å². The van der Waals surface area contributed by atoms with Crippen LogP contribution in [0.5, 0.6) is 0 Å². The second-order valence-electron chi connectivity index (χ2n) is 5.49. The smallest absolute Gasteiger partial charge is 0.201 e. The summed E-state index contributed by atoms with van der Waals surface area (Å²) in [5.74, 6) is 0. The van der Waals surface area contributed by atoms with Crippen molar-refractivity contribution < 1.29 is 4.57 Å². The molecule has 0 aliphatic heterocycles. The van der Waals surface area contributed by atoms with Crippen LogP contribution in [0.15, 0.2) is 30.5 Å². The van der Waals surface area contributed by atoms with Gasteiger partial charge in [0.05, 0.1) is 0 Å². The largest absolute Gasteiger partial charge is 0.212 e. The molecule has 0 saturated carbocycles. The third-order valence-corrected chi connectivity index (χ3v) is 4.00. The van der Waals surface area contributed by atoms with Gasteiger partial charge in [-0.2, -0.15) is 0 Å². The van der Waals surface area contributed by atoms with Crippen LogP contribution < -0.4 is 4.57 Å². The Hall–Kier alpha value is -1.63. The Balaban J connectivity index is 2.17. The summed E-state index contributed by atoms with van der Waals surface area (Å²) in [6.07, 6.45) is 6.12. The number of aromatic nitrogens is 1. The average Bonchev–Trinajstić information content (AvgIpc) is 2.75. The summed E-state index contributed by atoms with van der Waals surface area (Å²) < 4.78 is 2.28. The van der Waals surface area contributed by atoms with Crippen molar-refractivity contribution in [1.82, 2.24) is 0 Å². The first-order valence-corrected chi connectivity index (χ1v) is 6.74. The molecular weight excluding hydrogens is 218 g/mol. The lowest BCUT2D eigenvalue weighted by Crippen LogP contribution is -2.31. The van der Waals surface area contributed by atoms with Gasteiger partial charge in [-0.3, -0.25) is 0 Å². The van der Waals surface area contributed by atoms with Gasteiger partial charge in [-0.1, -0.05) is 17.7 Å². The van der Waals surface area contributed by atoms with Crippen molar-refractivity contribution in [2.24, 2.45) is 7.05 Å². The van der Waals surface area contributed by atoms with E-state index in [1.807, 2.05) is 0 Å². The predicted octanol–water partition coefficient (Wildman–Crippen LogP) is 3.28. The molecule has 0 unspecified atom stereocenters. The molecule has 0 amide bonds. The lowest BCUT2D eigenvalue weighted by atomic mass is 10.0. The number of benzene rings is 1. The van der Waals surface area contributed by atoms with E-state index in [-0.39, 0.29) is 0 Å². The maximum absolute atomic E-state index is 2.39. The number of pyridine rings is 1. The molecule has 1 heteroatoms. The van der Waals surface area contributed by atoms with Crippen molar-refractivity contribution in [1.29, 1.82) is 0 Å². The third-order valence-electron chi connectivity index (χ3n) is 4.00. The van der Waals surface area contributed by atoms with E-state index in [1.54, 1.807) is 5.56 Å². The zero-order valence-electron chi connectivity index (χ0n) is 11.5. The first kappa shape index (κ1) is 11.5. The Bertz CT molecular complexity index is 611. The van der Waals surface area contributed by atoms with Crippen LogP contribution in [-0.2, 0) is 19.9 Å². The zero-order chi connectivity index (χ0) is 12.7. The maximum atomic E-state index is 2.39. The predicted molar refractivity (Wildman–Crippen MR) is 74.6 cm³/mol. The lowest BCUT2D eigenvalue weighted by molar-refractivity contribution is -0.660. The number of hydrogen-bond acceptors (Lipinski definition) is 0. The monoisotopic (exact) mass is 238 g/mol. The second kappa shape index (κ2) is 4.24. The third kappa shape index (κ3) is 1.84. The van der Waals surface area contributed by atoms with Gasteiger partial charge in [-0.25, -0.2) is 4.57 Å². The van der Waals surface area contributed by atoms with Crippen molar-refractivity contribution in [2.45, 2.75) is 33.1 Å². The summed E-state index contributed by atoms with van der Waals surface area (Å²) in [6.45, 7) is 4.36. The van der Waals surface area contributed by atoms with Crippen molar-refractivity contribution in [3.63, 3.8) is 0 Å². The van der Waals surface area contributed by atoms with Gasteiger partial charge in [-0.05, 0) is 50.3 Å². The molecule has 0 atom stereocenters. The normalized spacial score (nSPS) is 13.7. The van der Waals surface area contributed by atoms with Crippen LogP contribution in [0.3, 0.4) is 0 Å². The first-order chi connectivity index (χ1) is 8.65. The first-order valence-electron chi connectivity index (χ1n) is 6.74. The minimum atomic E-state index is 1.24. The number of hydrogen-bond donors (Lipinski definition) is 0. The summed E-state index contributed by atoms with van der Waals surface area (Å²) in [5, 5.41) is 0. The molecule has 1 aliphatic carbocycles. The minimum absolute atomic E-state index is 1.24. The van der Waals surface area contributed by atoms with E-state index < -0.39 is 0 Å². The zero-order valence-corrected chi connectivity index (χ0v) is 11.5. The van der Waals surface area contributed by atoms with Crippen LogP contribution in [0.4, 0.5) is 0 Å². The maximum Gasteiger partial charge on any atom is 0.212 e. The van der Waals surface area contributed by atoms with E-state index in [1.165, 1.54) is 47.2 Å². The fourth-order valence-electron chi connectivity index (χ4n) is 3.04. The van der Waals surface area contributed by atoms with E-state index in [9.17, 15) is 0 Å². The highest BCUT2D eigenvalue weighted by atomic mass is 14.9. The Morgan fingerprint density at radius 2 is 1.78 bits per heavy atom. The highest BCUT2D eigenvalue weighted by molar-refractivity contribution is 5.62.